The third-order valence-corrected chi connectivity index (χ3v) is 7.92. The molecule has 0 saturated heterocycles. The Bertz CT molecular complexity index is 1530. The SMILES string of the molecule is CN[C@@H](C)C(=O)NC1CN(Cc2ccccc2)c2ccccc2N(Cc2c(OC)ccc3cc(Br)ccc23)C1=O. The summed E-state index contributed by atoms with van der Waals surface area (Å²) in [7, 11) is 3.37. The lowest BCUT2D eigenvalue weighted by Crippen LogP contribution is -2.55. The maximum atomic E-state index is 14.4. The van der Waals surface area contributed by atoms with E-state index >= 15 is 0 Å². The first-order valence-corrected chi connectivity index (χ1v) is 14.1. The van der Waals surface area contributed by atoms with E-state index in [2.05, 4.69) is 49.7 Å². The molecule has 0 saturated carbocycles. The Morgan fingerprint density at radius 3 is 2.45 bits per heavy atom. The van der Waals surface area contributed by atoms with Gasteiger partial charge in [0.15, 0.2) is 0 Å². The van der Waals surface area contributed by atoms with Gasteiger partial charge in [-0.1, -0.05) is 70.5 Å². The van der Waals surface area contributed by atoms with Gasteiger partial charge < -0.3 is 25.2 Å². The van der Waals surface area contributed by atoms with E-state index in [4.69, 9.17) is 4.74 Å². The van der Waals surface area contributed by atoms with Crippen LogP contribution in [0, 0.1) is 0 Å². The van der Waals surface area contributed by atoms with Crippen LogP contribution >= 0.6 is 15.9 Å². The second-order valence-corrected chi connectivity index (χ2v) is 10.9. The van der Waals surface area contributed by atoms with E-state index in [-0.39, 0.29) is 18.4 Å². The van der Waals surface area contributed by atoms with E-state index in [1.54, 1.807) is 26.0 Å². The number of amides is 2. The Labute approximate surface area is 243 Å². The molecule has 40 heavy (non-hydrogen) atoms. The van der Waals surface area contributed by atoms with Crippen LogP contribution in [-0.2, 0) is 22.7 Å². The monoisotopic (exact) mass is 600 g/mol. The van der Waals surface area contributed by atoms with Crippen LogP contribution in [0.2, 0.25) is 0 Å². The van der Waals surface area contributed by atoms with Crippen LogP contribution in [0.15, 0.2) is 89.4 Å². The van der Waals surface area contributed by atoms with Crippen molar-refractivity contribution in [3.63, 3.8) is 0 Å². The molecule has 206 valence electrons. The van der Waals surface area contributed by atoms with Gasteiger partial charge in [-0.2, -0.15) is 0 Å². The van der Waals surface area contributed by atoms with Crippen molar-refractivity contribution in [3.8, 4) is 5.75 Å². The molecular formula is C32H33BrN4O3. The summed E-state index contributed by atoms with van der Waals surface area (Å²) in [5.41, 5.74) is 3.74. The van der Waals surface area contributed by atoms with Crippen LogP contribution in [0.25, 0.3) is 10.8 Å². The number of nitrogens with zero attached hydrogens (tertiary/aromatic N) is 2. The van der Waals surface area contributed by atoms with Gasteiger partial charge in [-0.15, -0.1) is 0 Å². The predicted octanol–water partition coefficient (Wildman–Crippen LogP) is 5.26. The smallest absolute Gasteiger partial charge is 0.251 e. The van der Waals surface area contributed by atoms with Gasteiger partial charge in [0.05, 0.1) is 31.1 Å². The third kappa shape index (κ3) is 5.69. The Morgan fingerprint density at radius 1 is 1.00 bits per heavy atom. The van der Waals surface area contributed by atoms with Crippen LogP contribution in [-0.4, -0.2) is 44.6 Å². The summed E-state index contributed by atoms with van der Waals surface area (Å²) in [6.45, 7) is 3.00. The van der Waals surface area contributed by atoms with Crippen molar-refractivity contribution in [2.45, 2.75) is 32.1 Å². The molecular weight excluding hydrogens is 568 g/mol. The zero-order valence-corrected chi connectivity index (χ0v) is 24.4. The van der Waals surface area contributed by atoms with Crippen molar-refractivity contribution in [3.05, 3.63) is 101 Å². The van der Waals surface area contributed by atoms with Gasteiger partial charge in [0, 0.05) is 23.1 Å². The van der Waals surface area contributed by atoms with Crippen LogP contribution in [0.3, 0.4) is 0 Å². The van der Waals surface area contributed by atoms with Crippen LogP contribution in [0.1, 0.15) is 18.1 Å². The van der Waals surface area contributed by atoms with E-state index in [0.29, 0.717) is 18.8 Å². The molecule has 4 aromatic carbocycles. The molecule has 4 aromatic rings. The minimum Gasteiger partial charge on any atom is -0.496 e. The largest absolute Gasteiger partial charge is 0.496 e. The van der Waals surface area contributed by atoms with Gasteiger partial charge in [0.25, 0.3) is 5.91 Å². The van der Waals surface area contributed by atoms with Crippen molar-refractivity contribution in [2.75, 3.05) is 30.5 Å². The summed E-state index contributed by atoms with van der Waals surface area (Å²) in [6, 6.07) is 26.9. The average molecular weight is 602 g/mol. The van der Waals surface area contributed by atoms with Crippen LogP contribution in [0.5, 0.6) is 5.75 Å². The van der Waals surface area contributed by atoms with Crippen LogP contribution < -0.4 is 25.2 Å². The highest BCUT2D eigenvalue weighted by Crippen LogP contribution is 2.38. The predicted molar refractivity (Wildman–Crippen MR) is 164 cm³/mol. The van der Waals surface area contributed by atoms with E-state index in [9.17, 15) is 9.59 Å². The number of nitrogens with one attached hydrogen (secondary N) is 2. The number of likely N-dealkylation sites (N-methyl/N-ethyl adjacent to an activating group) is 1. The lowest BCUT2D eigenvalue weighted by molar-refractivity contribution is -0.128. The summed E-state index contributed by atoms with van der Waals surface area (Å²) in [4.78, 5) is 31.3. The molecule has 0 spiro atoms. The van der Waals surface area contributed by atoms with E-state index in [1.165, 1.54) is 0 Å². The zero-order chi connectivity index (χ0) is 28.2. The second-order valence-electron chi connectivity index (χ2n) is 9.96. The molecule has 0 fully saturated rings. The summed E-state index contributed by atoms with van der Waals surface area (Å²) in [5, 5.41) is 8.04. The minimum absolute atomic E-state index is 0.171. The lowest BCUT2D eigenvalue weighted by Gasteiger charge is -2.27. The number of benzene rings is 4. The molecule has 0 aromatic heterocycles. The molecule has 1 aliphatic rings. The average Bonchev–Trinajstić information content (AvgIpc) is 3.08. The number of rotatable bonds is 8. The fourth-order valence-corrected chi connectivity index (χ4v) is 5.55. The molecule has 2 amide bonds. The van der Waals surface area contributed by atoms with Crippen molar-refractivity contribution in [1.29, 1.82) is 0 Å². The molecule has 8 heteroatoms. The molecule has 2 N–H and O–H groups in total. The van der Waals surface area contributed by atoms with Crippen molar-refractivity contribution >= 4 is 49.9 Å². The Kier molecular flexibility index (Phi) is 8.38. The maximum Gasteiger partial charge on any atom is 0.251 e. The van der Waals surface area contributed by atoms with E-state index in [1.807, 2.05) is 66.7 Å². The van der Waals surface area contributed by atoms with Gasteiger partial charge >= 0.3 is 0 Å². The Balaban J connectivity index is 1.62. The van der Waals surface area contributed by atoms with E-state index < -0.39 is 12.1 Å². The molecule has 1 unspecified atom stereocenters. The highest BCUT2D eigenvalue weighted by Gasteiger charge is 2.36. The molecule has 1 heterocycles. The van der Waals surface area contributed by atoms with Gasteiger partial charge in [-0.05, 0) is 60.6 Å². The normalized spacial score (nSPS) is 15.9. The number of para-hydroxylation sites is 2. The van der Waals surface area contributed by atoms with Gasteiger partial charge in [-0.25, -0.2) is 0 Å². The summed E-state index contributed by atoms with van der Waals surface area (Å²) in [5.74, 6) is 0.310. The quantitative estimate of drug-likeness (QED) is 0.289. The zero-order valence-electron chi connectivity index (χ0n) is 22.9. The first-order chi connectivity index (χ1) is 19.4. The van der Waals surface area contributed by atoms with Crippen molar-refractivity contribution < 1.29 is 14.3 Å². The number of halogens is 1. The van der Waals surface area contributed by atoms with E-state index in [0.717, 1.165) is 37.7 Å². The highest BCUT2D eigenvalue weighted by atomic mass is 79.9. The third-order valence-electron chi connectivity index (χ3n) is 7.43. The standard InChI is InChI=1S/C32H33BrN4O3/c1-21(34-2)31(38)35-27-20-36(18-22-9-5-4-6-10-22)28-11-7-8-12-29(28)37(32(27)39)19-26-25-15-14-24(33)17-23(25)13-16-30(26)40-3/h4-17,21,27,34H,18-20H2,1-3H3,(H,35,38)/t21-,27?/m0/s1. The van der Waals surface area contributed by atoms with Gasteiger partial charge in [-0.3, -0.25) is 9.59 Å². The fourth-order valence-electron chi connectivity index (χ4n) is 5.17. The van der Waals surface area contributed by atoms with Gasteiger partial charge in [0.1, 0.15) is 11.8 Å². The summed E-state index contributed by atoms with van der Waals surface area (Å²) in [6.07, 6.45) is 0. The summed E-state index contributed by atoms with van der Waals surface area (Å²) >= 11 is 3.57. The maximum absolute atomic E-state index is 14.4. The van der Waals surface area contributed by atoms with Crippen molar-refractivity contribution in [1.82, 2.24) is 10.6 Å². The molecule has 2 atom stereocenters. The molecule has 0 aliphatic carbocycles. The first-order valence-electron chi connectivity index (χ1n) is 13.3. The first kappa shape index (κ1) is 27.7. The number of ether oxygens (including phenoxy) is 1. The molecule has 0 bridgehead atoms. The Morgan fingerprint density at radius 2 is 1.73 bits per heavy atom. The fraction of sp³-hybridized carbons (Fsp3) is 0.250. The van der Waals surface area contributed by atoms with Crippen molar-refractivity contribution in [2.24, 2.45) is 0 Å². The number of hydrogen-bond donors (Lipinski definition) is 2. The summed E-state index contributed by atoms with van der Waals surface area (Å²) < 4.78 is 6.76. The highest BCUT2D eigenvalue weighted by molar-refractivity contribution is 9.10. The topological polar surface area (TPSA) is 73.9 Å². The number of carbonyl (C=O) groups excluding carboxylic acids is 2. The molecule has 0 radical (unpaired) electrons. The number of hydrogen-bond acceptors (Lipinski definition) is 5. The minimum atomic E-state index is -0.755. The van der Waals surface area contributed by atoms with Gasteiger partial charge in [0.2, 0.25) is 5.91 Å². The number of anilines is 2. The molecule has 5 rings (SSSR count). The van der Waals surface area contributed by atoms with Crippen LogP contribution in [0.4, 0.5) is 11.4 Å². The molecule has 7 nitrogen and oxygen atoms in total. The molecule has 1 aliphatic heterocycles. The number of fused-ring (bicyclic) bond motifs is 2. The number of methoxy groups -OCH3 is 1. The second kappa shape index (κ2) is 12.1. The lowest BCUT2D eigenvalue weighted by atomic mass is 10.0. The number of carbonyl (C=O) groups is 2. The Hall–Kier alpha value is -3.88.